The number of hydrogen-bond acceptors (Lipinski definition) is 3. The van der Waals surface area contributed by atoms with Gasteiger partial charge in [-0.05, 0) is 31.0 Å². The molecule has 2 N–H and O–H groups in total. The van der Waals surface area contributed by atoms with Crippen molar-refractivity contribution in [3.8, 4) is 0 Å². The number of nitrogens with one attached hydrogen (secondary N) is 1. The molecule has 0 spiro atoms. The van der Waals surface area contributed by atoms with Gasteiger partial charge in [-0.3, -0.25) is 4.79 Å². The fourth-order valence-electron chi connectivity index (χ4n) is 2.64. The lowest BCUT2D eigenvalue weighted by Crippen LogP contribution is -2.52. The van der Waals surface area contributed by atoms with Gasteiger partial charge < -0.3 is 15.2 Å². The van der Waals surface area contributed by atoms with E-state index in [0.717, 1.165) is 12.8 Å². The number of aliphatic carboxylic acids is 1. The Kier molecular flexibility index (Phi) is 4.57. The van der Waals surface area contributed by atoms with E-state index in [1.54, 1.807) is 0 Å². The molecule has 1 fully saturated rings. The van der Waals surface area contributed by atoms with Crippen LogP contribution in [0.15, 0.2) is 18.2 Å². The number of amides is 1. The normalized spacial score (nSPS) is 16.7. The average molecular weight is 295 g/mol. The first-order valence-electron chi connectivity index (χ1n) is 6.82. The average Bonchev–Trinajstić information content (AvgIpc) is 2.91. The molecule has 0 heterocycles. The molecule has 1 aromatic carbocycles. The summed E-state index contributed by atoms with van der Waals surface area (Å²) < 4.78 is 18.4. The van der Waals surface area contributed by atoms with E-state index in [4.69, 9.17) is 4.74 Å². The lowest BCUT2D eigenvalue weighted by atomic mass is 9.97. The number of hydrogen-bond donors (Lipinski definition) is 2. The third-order valence-electron chi connectivity index (χ3n) is 3.83. The second-order valence-electron chi connectivity index (χ2n) is 5.29. The van der Waals surface area contributed by atoms with Gasteiger partial charge in [-0.1, -0.05) is 12.8 Å². The van der Waals surface area contributed by atoms with Crippen LogP contribution in [0, 0.1) is 5.82 Å². The van der Waals surface area contributed by atoms with E-state index in [1.165, 1.54) is 25.3 Å². The highest BCUT2D eigenvalue weighted by molar-refractivity contribution is 5.98. The van der Waals surface area contributed by atoms with Crippen molar-refractivity contribution >= 4 is 11.9 Å². The largest absolute Gasteiger partial charge is 0.480 e. The van der Waals surface area contributed by atoms with Gasteiger partial charge in [-0.15, -0.1) is 0 Å². The summed E-state index contributed by atoms with van der Waals surface area (Å²) in [5, 5.41) is 11.9. The van der Waals surface area contributed by atoms with Gasteiger partial charge in [0.05, 0.1) is 6.61 Å². The molecule has 0 unspecified atom stereocenters. The summed E-state index contributed by atoms with van der Waals surface area (Å²) in [6.45, 7) is 0.0526. The minimum Gasteiger partial charge on any atom is -0.480 e. The van der Waals surface area contributed by atoms with E-state index in [0.29, 0.717) is 12.8 Å². The molecule has 1 aromatic rings. The van der Waals surface area contributed by atoms with Crippen LogP contribution in [-0.2, 0) is 16.1 Å². The van der Waals surface area contributed by atoms with Crippen molar-refractivity contribution in [1.82, 2.24) is 5.32 Å². The van der Waals surface area contributed by atoms with Crippen LogP contribution in [0.4, 0.5) is 4.39 Å². The summed E-state index contributed by atoms with van der Waals surface area (Å²) in [4.78, 5) is 23.7. The molecule has 1 amide bonds. The van der Waals surface area contributed by atoms with Crippen molar-refractivity contribution in [2.75, 3.05) is 7.11 Å². The molecule has 0 aromatic heterocycles. The number of halogens is 1. The Balaban J connectivity index is 2.20. The molecule has 21 heavy (non-hydrogen) atoms. The van der Waals surface area contributed by atoms with Crippen molar-refractivity contribution in [2.45, 2.75) is 37.8 Å². The summed E-state index contributed by atoms with van der Waals surface area (Å²) >= 11 is 0. The minimum absolute atomic E-state index is 0.0526. The van der Waals surface area contributed by atoms with Crippen molar-refractivity contribution in [1.29, 1.82) is 0 Å². The summed E-state index contributed by atoms with van der Waals surface area (Å²) in [7, 11) is 1.43. The Bertz CT molecular complexity index is 553. The predicted molar refractivity (Wildman–Crippen MR) is 73.4 cm³/mol. The van der Waals surface area contributed by atoms with Crippen LogP contribution < -0.4 is 5.32 Å². The Morgan fingerprint density at radius 3 is 2.62 bits per heavy atom. The first-order valence-corrected chi connectivity index (χ1v) is 6.82. The standard InChI is InChI=1S/C15H18FNO4/c1-21-9-11-8-10(4-5-12(11)16)13(18)17-15(14(19)20)6-2-3-7-15/h4-5,8H,2-3,6-7,9H2,1H3,(H,17,18)(H,19,20). The summed E-state index contributed by atoms with van der Waals surface area (Å²) in [5.74, 6) is -1.98. The third-order valence-corrected chi connectivity index (χ3v) is 3.83. The lowest BCUT2D eigenvalue weighted by Gasteiger charge is -2.25. The third kappa shape index (κ3) is 3.21. The number of carbonyl (C=O) groups excluding carboxylic acids is 1. The number of benzene rings is 1. The van der Waals surface area contributed by atoms with Gasteiger partial charge in [-0.25, -0.2) is 9.18 Å². The molecular formula is C15H18FNO4. The highest BCUT2D eigenvalue weighted by atomic mass is 19.1. The monoisotopic (exact) mass is 295 g/mol. The van der Waals surface area contributed by atoms with E-state index in [9.17, 15) is 19.1 Å². The first-order chi connectivity index (χ1) is 9.98. The smallest absolute Gasteiger partial charge is 0.329 e. The van der Waals surface area contributed by atoms with Crippen LogP contribution in [0.2, 0.25) is 0 Å². The number of carboxylic acid groups (broad SMARTS) is 1. The minimum atomic E-state index is -1.20. The SMILES string of the molecule is COCc1cc(C(=O)NC2(C(=O)O)CCCC2)ccc1F. The first kappa shape index (κ1) is 15.4. The van der Waals surface area contributed by atoms with Gasteiger partial charge in [0.1, 0.15) is 11.4 Å². The Morgan fingerprint density at radius 2 is 2.05 bits per heavy atom. The maximum atomic E-state index is 13.5. The van der Waals surface area contributed by atoms with Crippen molar-refractivity contribution in [3.63, 3.8) is 0 Å². The van der Waals surface area contributed by atoms with Gasteiger partial charge in [0, 0.05) is 18.2 Å². The van der Waals surface area contributed by atoms with Gasteiger partial charge in [-0.2, -0.15) is 0 Å². The predicted octanol–water partition coefficient (Wildman–Crippen LogP) is 2.10. The zero-order valence-corrected chi connectivity index (χ0v) is 11.8. The topological polar surface area (TPSA) is 75.6 Å². The van der Waals surface area contributed by atoms with Crippen molar-refractivity contribution < 1.29 is 23.8 Å². The fourth-order valence-corrected chi connectivity index (χ4v) is 2.64. The molecule has 6 heteroatoms. The van der Waals surface area contributed by atoms with Crippen LogP contribution in [0.1, 0.15) is 41.6 Å². The fraction of sp³-hybridized carbons (Fsp3) is 0.467. The summed E-state index contributed by atoms with van der Waals surface area (Å²) in [5.41, 5.74) is -0.704. The number of rotatable bonds is 5. The maximum Gasteiger partial charge on any atom is 0.329 e. The molecule has 1 aliphatic rings. The number of methoxy groups -OCH3 is 1. The number of carboxylic acids is 1. The lowest BCUT2D eigenvalue weighted by molar-refractivity contribution is -0.144. The second kappa shape index (κ2) is 6.22. The highest BCUT2D eigenvalue weighted by Gasteiger charge is 2.42. The zero-order chi connectivity index (χ0) is 15.5. The molecule has 1 saturated carbocycles. The molecule has 0 bridgehead atoms. The zero-order valence-electron chi connectivity index (χ0n) is 11.8. The molecule has 0 radical (unpaired) electrons. The number of ether oxygens (including phenoxy) is 1. The van der Waals surface area contributed by atoms with Crippen molar-refractivity contribution in [3.05, 3.63) is 35.1 Å². The molecule has 114 valence electrons. The van der Waals surface area contributed by atoms with E-state index in [-0.39, 0.29) is 17.7 Å². The van der Waals surface area contributed by atoms with Gasteiger partial charge >= 0.3 is 5.97 Å². The van der Waals surface area contributed by atoms with Gasteiger partial charge in [0.25, 0.3) is 5.91 Å². The molecule has 0 saturated heterocycles. The maximum absolute atomic E-state index is 13.5. The molecule has 2 rings (SSSR count). The van der Waals surface area contributed by atoms with Gasteiger partial charge in [0.2, 0.25) is 0 Å². The van der Waals surface area contributed by atoms with Crippen LogP contribution in [0.3, 0.4) is 0 Å². The van der Waals surface area contributed by atoms with E-state index in [2.05, 4.69) is 5.32 Å². The quantitative estimate of drug-likeness (QED) is 0.872. The summed E-state index contributed by atoms with van der Waals surface area (Å²) in [6, 6.07) is 3.92. The number of carbonyl (C=O) groups is 2. The molecule has 0 atom stereocenters. The Hall–Kier alpha value is -1.95. The van der Waals surface area contributed by atoms with Gasteiger partial charge in [0.15, 0.2) is 0 Å². The highest BCUT2D eigenvalue weighted by Crippen LogP contribution is 2.30. The molecular weight excluding hydrogens is 277 g/mol. The van der Waals surface area contributed by atoms with Crippen molar-refractivity contribution in [2.24, 2.45) is 0 Å². The second-order valence-corrected chi connectivity index (χ2v) is 5.29. The summed E-state index contributed by atoms with van der Waals surface area (Å²) in [6.07, 6.45) is 2.37. The van der Waals surface area contributed by atoms with E-state index in [1.807, 2.05) is 0 Å². The van der Waals surface area contributed by atoms with E-state index >= 15 is 0 Å². The Morgan fingerprint density at radius 1 is 1.38 bits per heavy atom. The molecule has 0 aliphatic heterocycles. The van der Waals surface area contributed by atoms with Crippen LogP contribution in [0.5, 0.6) is 0 Å². The van der Waals surface area contributed by atoms with E-state index < -0.39 is 23.2 Å². The molecule has 5 nitrogen and oxygen atoms in total. The van der Waals surface area contributed by atoms with Crippen LogP contribution in [0.25, 0.3) is 0 Å². The van der Waals surface area contributed by atoms with Crippen LogP contribution in [-0.4, -0.2) is 29.6 Å². The van der Waals surface area contributed by atoms with Crippen LogP contribution >= 0.6 is 0 Å². The Labute approximate surface area is 122 Å². The molecule has 1 aliphatic carbocycles.